The van der Waals surface area contributed by atoms with E-state index < -0.39 is 11.5 Å². The monoisotopic (exact) mass is 353 g/mol. The zero-order valence-electron chi connectivity index (χ0n) is 14.9. The van der Waals surface area contributed by atoms with Gasteiger partial charge in [0.2, 0.25) is 0 Å². The normalized spacial score (nSPS) is 10.9. The van der Waals surface area contributed by atoms with Crippen LogP contribution >= 0.6 is 0 Å². The van der Waals surface area contributed by atoms with Gasteiger partial charge in [-0.3, -0.25) is 0 Å². The van der Waals surface area contributed by atoms with Gasteiger partial charge in [-0.05, 0) is 36.4 Å². The van der Waals surface area contributed by atoms with E-state index in [2.05, 4.69) is 0 Å². The Morgan fingerprint density at radius 1 is 1.15 bits per heavy atom. The third-order valence-electron chi connectivity index (χ3n) is 4.03. The third-order valence-corrected chi connectivity index (χ3v) is 4.03. The number of carboxylic acids is 1. The predicted molar refractivity (Wildman–Crippen MR) is 96.2 cm³/mol. The summed E-state index contributed by atoms with van der Waals surface area (Å²) in [6.07, 6.45) is 3.18. The van der Waals surface area contributed by atoms with Crippen molar-refractivity contribution < 1.29 is 39.5 Å². The van der Waals surface area contributed by atoms with Crippen molar-refractivity contribution in [3.8, 4) is 11.8 Å². The van der Waals surface area contributed by atoms with Crippen molar-refractivity contribution in [2.75, 3.05) is 19.0 Å². The fourth-order valence-electron chi connectivity index (χ4n) is 2.74. The fourth-order valence-corrected chi connectivity index (χ4v) is 2.74. The van der Waals surface area contributed by atoms with Crippen LogP contribution in [0.25, 0.3) is 22.7 Å². The first-order valence-electron chi connectivity index (χ1n) is 7.72. The van der Waals surface area contributed by atoms with Crippen molar-refractivity contribution in [1.82, 2.24) is 4.57 Å². The molecule has 0 bridgehead atoms. The molecule has 0 atom stereocenters. The average Bonchev–Trinajstić information content (AvgIpc) is 2.98. The fraction of sp³-hybridized carbons (Fsp3) is 0.100. The van der Waals surface area contributed by atoms with Crippen LogP contribution in [0.5, 0.6) is 0 Å². The molecule has 0 amide bonds. The van der Waals surface area contributed by atoms with Gasteiger partial charge in [-0.15, -0.1) is 0 Å². The SMILES string of the molecule is CN(C)c1ccc(-n2cc(/C=C(\C#N)C(=O)[O-])c3ccccc32)cc1.[Na+]. The second-order valence-corrected chi connectivity index (χ2v) is 5.84. The van der Waals surface area contributed by atoms with Gasteiger partial charge in [0.15, 0.2) is 0 Å². The van der Waals surface area contributed by atoms with Crippen LogP contribution in [0.15, 0.2) is 60.3 Å². The smallest absolute Gasteiger partial charge is 0.544 e. The van der Waals surface area contributed by atoms with E-state index in [1.807, 2.05) is 78.3 Å². The molecule has 0 fully saturated rings. The quantitative estimate of drug-likeness (QED) is 0.355. The topological polar surface area (TPSA) is 72.1 Å². The minimum absolute atomic E-state index is 0. The number of anilines is 1. The maximum Gasteiger partial charge on any atom is 1.00 e. The van der Waals surface area contributed by atoms with E-state index in [1.165, 1.54) is 6.08 Å². The van der Waals surface area contributed by atoms with Crippen LogP contribution in [0.3, 0.4) is 0 Å². The van der Waals surface area contributed by atoms with Gasteiger partial charge in [-0.1, -0.05) is 18.2 Å². The Kier molecular flexibility index (Phi) is 6.27. The number of carbonyl (C=O) groups is 1. The number of aliphatic carboxylic acids is 1. The molecule has 0 aliphatic carbocycles. The molecule has 0 radical (unpaired) electrons. The largest absolute Gasteiger partial charge is 1.00 e. The molecule has 0 unspecified atom stereocenters. The zero-order chi connectivity index (χ0) is 18.0. The Morgan fingerprint density at radius 3 is 2.38 bits per heavy atom. The summed E-state index contributed by atoms with van der Waals surface area (Å²) >= 11 is 0. The van der Waals surface area contributed by atoms with Crippen molar-refractivity contribution in [2.45, 2.75) is 0 Å². The van der Waals surface area contributed by atoms with Crippen LogP contribution in [0.4, 0.5) is 5.69 Å². The van der Waals surface area contributed by atoms with Crippen LogP contribution in [-0.2, 0) is 4.79 Å². The molecule has 26 heavy (non-hydrogen) atoms. The molecule has 0 aliphatic rings. The van der Waals surface area contributed by atoms with E-state index in [0.29, 0.717) is 5.56 Å². The number of hydrogen-bond donors (Lipinski definition) is 0. The molecule has 124 valence electrons. The molecule has 0 spiro atoms. The van der Waals surface area contributed by atoms with Crippen molar-refractivity contribution in [2.24, 2.45) is 0 Å². The van der Waals surface area contributed by atoms with Gasteiger partial charge in [-0.2, -0.15) is 5.26 Å². The van der Waals surface area contributed by atoms with Crippen LogP contribution in [0, 0.1) is 11.3 Å². The van der Waals surface area contributed by atoms with Gasteiger partial charge in [-0.25, -0.2) is 0 Å². The average molecular weight is 353 g/mol. The number of nitrogens with zero attached hydrogens (tertiary/aromatic N) is 3. The Morgan fingerprint density at radius 2 is 1.81 bits per heavy atom. The maximum absolute atomic E-state index is 11.0. The number of fused-ring (bicyclic) bond motifs is 1. The molecule has 5 nitrogen and oxygen atoms in total. The number of carboxylic acid groups (broad SMARTS) is 1. The molecule has 0 saturated heterocycles. The summed E-state index contributed by atoms with van der Waals surface area (Å²) in [5, 5.41) is 20.9. The van der Waals surface area contributed by atoms with E-state index in [-0.39, 0.29) is 29.6 Å². The summed E-state index contributed by atoms with van der Waals surface area (Å²) in [4.78, 5) is 13.1. The van der Waals surface area contributed by atoms with Gasteiger partial charge in [0, 0.05) is 42.6 Å². The zero-order valence-corrected chi connectivity index (χ0v) is 16.9. The van der Waals surface area contributed by atoms with Crippen molar-refractivity contribution in [3.63, 3.8) is 0 Å². The summed E-state index contributed by atoms with van der Waals surface area (Å²) in [5.41, 5.74) is 3.23. The first-order chi connectivity index (χ1) is 12.0. The molecule has 1 heterocycles. The standard InChI is InChI=1S/C20H17N3O2.Na/c1-22(2)16-7-9-17(10-8-16)23-13-15(11-14(12-21)20(24)25)18-5-3-4-6-19(18)23;/h3-11,13H,1-2H3,(H,24,25);/q;+1/p-1/b14-11+;. The minimum atomic E-state index is -1.48. The van der Waals surface area contributed by atoms with Crippen LogP contribution in [-0.4, -0.2) is 24.6 Å². The van der Waals surface area contributed by atoms with E-state index in [1.54, 1.807) is 6.07 Å². The third kappa shape index (κ3) is 3.83. The summed E-state index contributed by atoms with van der Waals surface area (Å²) < 4.78 is 1.98. The van der Waals surface area contributed by atoms with Crippen LogP contribution in [0.1, 0.15) is 5.56 Å². The Hall–Kier alpha value is -2.52. The second kappa shape index (κ2) is 8.24. The summed E-state index contributed by atoms with van der Waals surface area (Å²) in [5.74, 6) is -1.48. The van der Waals surface area contributed by atoms with Gasteiger partial charge < -0.3 is 19.4 Å². The number of aromatic nitrogens is 1. The molecular formula is C20H16N3NaO2. The summed E-state index contributed by atoms with van der Waals surface area (Å²) in [7, 11) is 3.96. The van der Waals surface area contributed by atoms with E-state index in [0.717, 1.165) is 22.3 Å². The van der Waals surface area contributed by atoms with Crippen LogP contribution < -0.4 is 39.6 Å². The van der Waals surface area contributed by atoms with E-state index in [9.17, 15) is 9.90 Å². The van der Waals surface area contributed by atoms with E-state index >= 15 is 0 Å². The molecule has 3 rings (SSSR count). The maximum atomic E-state index is 11.0. The van der Waals surface area contributed by atoms with Gasteiger partial charge in [0.05, 0.1) is 17.1 Å². The number of nitriles is 1. The number of para-hydroxylation sites is 1. The number of benzene rings is 2. The first kappa shape index (κ1) is 19.8. The predicted octanol–water partition coefficient (Wildman–Crippen LogP) is -0.643. The van der Waals surface area contributed by atoms with Gasteiger partial charge >= 0.3 is 29.6 Å². The van der Waals surface area contributed by atoms with Crippen molar-refractivity contribution in [3.05, 3.63) is 65.9 Å². The summed E-state index contributed by atoms with van der Waals surface area (Å²) in [6.45, 7) is 0. The van der Waals surface area contributed by atoms with Crippen molar-refractivity contribution >= 4 is 28.6 Å². The van der Waals surface area contributed by atoms with Gasteiger partial charge in [0.1, 0.15) is 6.07 Å². The minimum Gasteiger partial charge on any atom is -0.544 e. The molecule has 0 aliphatic heterocycles. The van der Waals surface area contributed by atoms with Gasteiger partial charge in [0.25, 0.3) is 0 Å². The molecule has 2 aromatic carbocycles. The molecule has 0 N–H and O–H groups in total. The van der Waals surface area contributed by atoms with Crippen LogP contribution in [0.2, 0.25) is 0 Å². The second-order valence-electron chi connectivity index (χ2n) is 5.84. The Bertz CT molecular complexity index is 1010. The summed E-state index contributed by atoms with van der Waals surface area (Å²) in [6, 6.07) is 17.4. The van der Waals surface area contributed by atoms with Crippen molar-refractivity contribution in [1.29, 1.82) is 5.26 Å². The number of hydrogen-bond acceptors (Lipinski definition) is 4. The first-order valence-corrected chi connectivity index (χ1v) is 7.72. The Labute approximate surface area is 174 Å². The molecule has 6 heteroatoms. The number of rotatable bonds is 4. The molecular weight excluding hydrogens is 337 g/mol. The molecule has 1 aromatic heterocycles. The Balaban J connectivity index is 0.00000243. The molecule has 0 saturated carbocycles. The molecule has 3 aromatic rings. The van der Waals surface area contributed by atoms with E-state index in [4.69, 9.17) is 5.26 Å². The number of carbonyl (C=O) groups excluding carboxylic acids is 1.